The number of aryl methyl sites for hydroxylation is 1. The topological polar surface area (TPSA) is 115 Å². The first-order valence-electron chi connectivity index (χ1n) is 11.0. The number of hydrogen-bond donors (Lipinski definition) is 2. The average Bonchev–Trinajstić information content (AvgIpc) is 3.23. The summed E-state index contributed by atoms with van der Waals surface area (Å²) >= 11 is 1.23. The lowest BCUT2D eigenvalue weighted by Crippen LogP contribution is -2.25. The largest absolute Gasteiger partial charge is 0.462 e. The second-order valence-electron chi connectivity index (χ2n) is 7.43. The van der Waals surface area contributed by atoms with Gasteiger partial charge in [0.1, 0.15) is 0 Å². The van der Waals surface area contributed by atoms with Gasteiger partial charge in [-0.1, -0.05) is 36.0 Å². The average molecular weight is 494 g/mol. The molecule has 0 atom stereocenters. The van der Waals surface area contributed by atoms with Crippen LogP contribution in [0.4, 0.5) is 5.69 Å². The Labute approximate surface area is 208 Å². The molecule has 0 aliphatic rings. The van der Waals surface area contributed by atoms with Crippen molar-refractivity contribution in [3.05, 3.63) is 83.7 Å². The number of hydrogen-bond acceptors (Lipinski definition) is 7. The molecule has 0 unspecified atom stereocenters. The predicted octanol–water partition coefficient (Wildman–Crippen LogP) is 3.61. The second-order valence-corrected chi connectivity index (χ2v) is 8.37. The van der Waals surface area contributed by atoms with E-state index in [1.165, 1.54) is 11.8 Å². The molecule has 3 rings (SSSR count). The minimum Gasteiger partial charge on any atom is -0.462 e. The predicted molar refractivity (Wildman–Crippen MR) is 134 cm³/mol. The lowest BCUT2D eigenvalue weighted by Gasteiger charge is -2.10. The van der Waals surface area contributed by atoms with Crippen molar-refractivity contribution >= 4 is 35.2 Å². The molecule has 0 saturated carbocycles. The van der Waals surface area contributed by atoms with Crippen LogP contribution in [-0.2, 0) is 22.6 Å². The van der Waals surface area contributed by atoms with E-state index in [1.54, 1.807) is 47.9 Å². The molecule has 2 N–H and O–H groups in total. The molecule has 1 heterocycles. The van der Waals surface area contributed by atoms with Crippen molar-refractivity contribution in [1.29, 1.82) is 0 Å². The Morgan fingerprint density at radius 1 is 1.11 bits per heavy atom. The summed E-state index contributed by atoms with van der Waals surface area (Å²) in [6.45, 7) is 8.31. The maximum absolute atomic E-state index is 12.5. The molecule has 3 aromatic rings. The summed E-state index contributed by atoms with van der Waals surface area (Å²) in [5.41, 5.74) is 2.47. The highest BCUT2D eigenvalue weighted by atomic mass is 32.2. The van der Waals surface area contributed by atoms with E-state index >= 15 is 0 Å². The number of esters is 1. The van der Waals surface area contributed by atoms with Crippen molar-refractivity contribution in [1.82, 2.24) is 20.1 Å². The summed E-state index contributed by atoms with van der Waals surface area (Å²) in [4.78, 5) is 36.7. The van der Waals surface area contributed by atoms with Crippen LogP contribution in [0.1, 0.15) is 39.0 Å². The van der Waals surface area contributed by atoms with E-state index in [4.69, 9.17) is 4.74 Å². The Hall–Kier alpha value is -3.92. The van der Waals surface area contributed by atoms with E-state index in [9.17, 15) is 14.4 Å². The van der Waals surface area contributed by atoms with Gasteiger partial charge in [0, 0.05) is 17.8 Å². The van der Waals surface area contributed by atoms with Gasteiger partial charge >= 0.3 is 5.97 Å². The van der Waals surface area contributed by atoms with Gasteiger partial charge in [-0.25, -0.2) is 4.79 Å². The van der Waals surface area contributed by atoms with Crippen LogP contribution in [0.5, 0.6) is 0 Å². The highest BCUT2D eigenvalue weighted by Gasteiger charge is 2.16. The van der Waals surface area contributed by atoms with Gasteiger partial charge in [0.05, 0.1) is 24.5 Å². The van der Waals surface area contributed by atoms with Gasteiger partial charge in [-0.15, -0.1) is 16.8 Å². The van der Waals surface area contributed by atoms with E-state index in [1.807, 2.05) is 25.1 Å². The number of thioether (sulfide) groups is 1. The number of amides is 2. The molecule has 0 aliphatic heterocycles. The summed E-state index contributed by atoms with van der Waals surface area (Å²) in [5.74, 6) is -0.178. The number of aromatic nitrogens is 3. The van der Waals surface area contributed by atoms with Crippen molar-refractivity contribution in [2.75, 3.05) is 17.7 Å². The molecule has 0 radical (unpaired) electrons. The fourth-order valence-corrected chi connectivity index (χ4v) is 3.95. The fourth-order valence-electron chi connectivity index (χ4n) is 3.18. The Morgan fingerprint density at radius 3 is 2.54 bits per heavy atom. The number of nitrogens with zero attached hydrogens (tertiary/aromatic N) is 3. The molecule has 0 saturated heterocycles. The summed E-state index contributed by atoms with van der Waals surface area (Å²) < 4.78 is 6.76. The third kappa shape index (κ3) is 7.03. The molecule has 0 fully saturated rings. The first-order chi connectivity index (χ1) is 16.9. The summed E-state index contributed by atoms with van der Waals surface area (Å²) in [6.07, 6.45) is 1.70. The SMILES string of the molecule is C=CCn1c(CNC(=O)c2ccccc2C)nnc1SCC(=O)Nc1ccc(C(=O)OCC)cc1. The first-order valence-corrected chi connectivity index (χ1v) is 12.0. The number of benzene rings is 2. The Balaban J connectivity index is 1.57. The van der Waals surface area contributed by atoms with Crippen LogP contribution in [0.3, 0.4) is 0 Å². The van der Waals surface area contributed by atoms with Gasteiger partial charge in [0.2, 0.25) is 5.91 Å². The molecule has 2 amide bonds. The highest BCUT2D eigenvalue weighted by molar-refractivity contribution is 7.99. The van der Waals surface area contributed by atoms with E-state index in [2.05, 4.69) is 27.4 Å². The number of carbonyl (C=O) groups excluding carboxylic acids is 3. The molecular formula is C25H27N5O4S. The van der Waals surface area contributed by atoms with Crippen molar-refractivity contribution < 1.29 is 19.1 Å². The molecule has 10 heteroatoms. The maximum Gasteiger partial charge on any atom is 0.338 e. The van der Waals surface area contributed by atoms with Crippen LogP contribution in [0, 0.1) is 6.92 Å². The van der Waals surface area contributed by atoms with E-state index in [-0.39, 0.29) is 24.1 Å². The fraction of sp³-hybridized carbons (Fsp3) is 0.240. The summed E-state index contributed by atoms with van der Waals surface area (Å²) in [7, 11) is 0. The molecule has 2 aromatic carbocycles. The van der Waals surface area contributed by atoms with E-state index < -0.39 is 5.97 Å². The van der Waals surface area contributed by atoms with Gasteiger partial charge in [0.15, 0.2) is 11.0 Å². The van der Waals surface area contributed by atoms with Gasteiger partial charge in [-0.3, -0.25) is 9.59 Å². The van der Waals surface area contributed by atoms with Gasteiger partial charge in [0.25, 0.3) is 5.91 Å². The Morgan fingerprint density at radius 2 is 1.86 bits per heavy atom. The monoisotopic (exact) mass is 493 g/mol. The highest BCUT2D eigenvalue weighted by Crippen LogP contribution is 2.19. The summed E-state index contributed by atoms with van der Waals surface area (Å²) in [6, 6.07) is 13.8. The summed E-state index contributed by atoms with van der Waals surface area (Å²) in [5, 5.41) is 14.5. The maximum atomic E-state index is 12.5. The Kier molecular flexibility index (Phi) is 9.19. The first kappa shape index (κ1) is 25.7. The number of nitrogens with one attached hydrogen (secondary N) is 2. The van der Waals surface area contributed by atoms with Crippen LogP contribution in [0.2, 0.25) is 0 Å². The molecular weight excluding hydrogens is 466 g/mol. The molecule has 35 heavy (non-hydrogen) atoms. The van der Waals surface area contributed by atoms with Crippen molar-refractivity contribution in [2.45, 2.75) is 32.1 Å². The normalized spacial score (nSPS) is 10.5. The van der Waals surface area contributed by atoms with Crippen molar-refractivity contribution in [3.63, 3.8) is 0 Å². The molecule has 0 spiro atoms. The van der Waals surface area contributed by atoms with Crippen LogP contribution in [0.25, 0.3) is 0 Å². The molecule has 0 bridgehead atoms. The van der Waals surface area contributed by atoms with Crippen LogP contribution in [-0.4, -0.2) is 44.9 Å². The quantitative estimate of drug-likeness (QED) is 0.238. The third-order valence-corrected chi connectivity index (χ3v) is 5.88. The number of anilines is 1. The van der Waals surface area contributed by atoms with E-state index in [0.29, 0.717) is 40.9 Å². The smallest absolute Gasteiger partial charge is 0.338 e. The molecule has 0 aliphatic carbocycles. The minimum absolute atomic E-state index is 0.102. The Bertz CT molecular complexity index is 1210. The number of carbonyl (C=O) groups is 3. The van der Waals surface area contributed by atoms with Crippen LogP contribution < -0.4 is 10.6 Å². The zero-order valence-electron chi connectivity index (χ0n) is 19.6. The van der Waals surface area contributed by atoms with E-state index in [0.717, 1.165) is 5.56 Å². The zero-order valence-corrected chi connectivity index (χ0v) is 20.4. The number of ether oxygens (including phenoxy) is 1. The van der Waals surface area contributed by atoms with Crippen LogP contribution in [0.15, 0.2) is 66.3 Å². The van der Waals surface area contributed by atoms with Crippen molar-refractivity contribution in [2.24, 2.45) is 0 Å². The van der Waals surface area contributed by atoms with Crippen LogP contribution >= 0.6 is 11.8 Å². The minimum atomic E-state index is -0.409. The second kappa shape index (κ2) is 12.5. The lowest BCUT2D eigenvalue weighted by molar-refractivity contribution is -0.113. The lowest BCUT2D eigenvalue weighted by atomic mass is 10.1. The van der Waals surface area contributed by atoms with Gasteiger partial charge in [-0.2, -0.15) is 0 Å². The van der Waals surface area contributed by atoms with Crippen molar-refractivity contribution in [3.8, 4) is 0 Å². The zero-order chi connectivity index (χ0) is 25.2. The number of allylic oxidation sites excluding steroid dienone is 1. The standard InChI is InChI=1S/C25H27N5O4S/c1-4-14-30-21(15-26-23(32)20-9-7-6-8-17(20)3)28-29-25(30)35-16-22(31)27-19-12-10-18(11-13-19)24(33)34-5-2/h4,6-13H,1,5,14-16H2,2-3H3,(H,26,32)(H,27,31). The van der Waals surface area contributed by atoms with Gasteiger partial charge < -0.3 is 19.9 Å². The molecule has 1 aromatic heterocycles. The third-order valence-electron chi connectivity index (χ3n) is 4.91. The number of rotatable bonds is 11. The molecule has 9 nitrogen and oxygen atoms in total. The van der Waals surface area contributed by atoms with Gasteiger partial charge in [-0.05, 0) is 49.7 Å². The molecule has 182 valence electrons.